The van der Waals surface area contributed by atoms with Crippen molar-refractivity contribution in [1.29, 1.82) is 0 Å². The van der Waals surface area contributed by atoms with Crippen molar-refractivity contribution in [1.82, 2.24) is 10.4 Å². The number of aliphatic hydroxyl groups excluding tert-OH is 1. The molecule has 0 amide bonds. The second-order valence-corrected chi connectivity index (χ2v) is 5.62. The molecule has 3 nitrogen and oxygen atoms in total. The third-order valence-corrected chi connectivity index (χ3v) is 4.34. The van der Waals surface area contributed by atoms with Gasteiger partial charge in [0.15, 0.2) is 0 Å². The maximum Gasteiger partial charge on any atom is 0.0570 e. The van der Waals surface area contributed by atoms with Gasteiger partial charge in [0.25, 0.3) is 0 Å². The van der Waals surface area contributed by atoms with E-state index in [0.717, 1.165) is 12.1 Å². The molecule has 2 aliphatic carbocycles. The van der Waals surface area contributed by atoms with Gasteiger partial charge in [0.2, 0.25) is 0 Å². The molecule has 2 rings (SSSR count). The van der Waals surface area contributed by atoms with Crippen LogP contribution in [0.2, 0.25) is 0 Å². The lowest BCUT2D eigenvalue weighted by atomic mass is 9.90. The summed E-state index contributed by atoms with van der Waals surface area (Å²) in [6, 6.07) is 1.44. The molecule has 17 heavy (non-hydrogen) atoms. The van der Waals surface area contributed by atoms with Crippen molar-refractivity contribution in [2.24, 2.45) is 0 Å². The van der Waals surface area contributed by atoms with E-state index in [1.54, 1.807) is 0 Å². The van der Waals surface area contributed by atoms with Crippen LogP contribution < -0.4 is 5.43 Å². The van der Waals surface area contributed by atoms with E-state index >= 15 is 0 Å². The van der Waals surface area contributed by atoms with Gasteiger partial charge in [-0.25, -0.2) is 5.01 Å². The Balaban J connectivity index is 1.90. The Hall–Kier alpha value is -0.120. The zero-order chi connectivity index (χ0) is 11.9. The summed E-state index contributed by atoms with van der Waals surface area (Å²) in [5.41, 5.74) is 3.49. The van der Waals surface area contributed by atoms with E-state index in [-0.39, 0.29) is 6.61 Å². The highest BCUT2D eigenvalue weighted by Crippen LogP contribution is 2.28. The van der Waals surface area contributed by atoms with E-state index in [1.807, 2.05) is 0 Å². The minimum Gasteiger partial charge on any atom is -0.395 e. The first-order valence-electron chi connectivity index (χ1n) is 7.54. The monoisotopic (exact) mass is 240 g/mol. The number of rotatable bonds is 5. The van der Waals surface area contributed by atoms with E-state index < -0.39 is 0 Å². The fourth-order valence-electron chi connectivity index (χ4n) is 3.45. The van der Waals surface area contributed by atoms with Crippen molar-refractivity contribution in [2.75, 3.05) is 13.2 Å². The van der Waals surface area contributed by atoms with E-state index in [0.29, 0.717) is 6.54 Å². The maximum absolute atomic E-state index is 9.02. The van der Waals surface area contributed by atoms with Crippen molar-refractivity contribution in [2.45, 2.75) is 76.3 Å². The zero-order valence-corrected chi connectivity index (χ0v) is 11.0. The zero-order valence-electron chi connectivity index (χ0n) is 11.0. The molecule has 0 aromatic heterocycles. The normalized spacial score (nSPS) is 24.4. The molecule has 2 fully saturated rings. The highest BCUT2D eigenvalue weighted by Gasteiger charge is 2.28. The Morgan fingerprint density at radius 3 is 1.71 bits per heavy atom. The summed E-state index contributed by atoms with van der Waals surface area (Å²) in [7, 11) is 0. The summed E-state index contributed by atoms with van der Waals surface area (Å²) in [6.45, 7) is 0.961. The van der Waals surface area contributed by atoms with E-state index in [4.69, 9.17) is 5.11 Å². The molecule has 2 saturated carbocycles. The summed E-state index contributed by atoms with van der Waals surface area (Å²) in [6.07, 6.45) is 13.7. The third-order valence-electron chi connectivity index (χ3n) is 4.34. The fourth-order valence-corrected chi connectivity index (χ4v) is 3.45. The number of hydrogen-bond acceptors (Lipinski definition) is 3. The first kappa shape index (κ1) is 13.3. The summed E-state index contributed by atoms with van der Waals surface area (Å²) >= 11 is 0. The highest BCUT2D eigenvalue weighted by molar-refractivity contribution is 4.81. The van der Waals surface area contributed by atoms with Crippen LogP contribution in [0.1, 0.15) is 64.2 Å². The van der Waals surface area contributed by atoms with Gasteiger partial charge in [-0.1, -0.05) is 38.5 Å². The van der Waals surface area contributed by atoms with Gasteiger partial charge >= 0.3 is 0 Å². The lowest BCUT2D eigenvalue weighted by Gasteiger charge is -2.41. The number of nitrogens with one attached hydrogen (secondary N) is 1. The summed E-state index contributed by atoms with van der Waals surface area (Å²) in [4.78, 5) is 0. The molecule has 0 saturated heterocycles. The topological polar surface area (TPSA) is 35.5 Å². The lowest BCUT2D eigenvalue weighted by molar-refractivity contribution is 0.0241. The minimum atomic E-state index is 0.246. The maximum atomic E-state index is 9.02. The Morgan fingerprint density at radius 1 is 0.824 bits per heavy atom. The second-order valence-electron chi connectivity index (χ2n) is 5.62. The summed E-state index contributed by atoms with van der Waals surface area (Å²) in [5, 5.41) is 11.5. The molecule has 100 valence electrons. The molecule has 0 radical (unpaired) electrons. The van der Waals surface area contributed by atoms with Crippen molar-refractivity contribution in [3.05, 3.63) is 0 Å². The fraction of sp³-hybridized carbons (Fsp3) is 1.00. The Kier molecular flexibility index (Phi) is 5.75. The lowest BCUT2D eigenvalue weighted by Crippen LogP contribution is -2.53. The van der Waals surface area contributed by atoms with E-state index in [9.17, 15) is 0 Å². The largest absolute Gasteiger partial charge is 0.395 e. The first-order chi connectivity index (χ1) is 8.42. The summed E-state index contributed by atoms with van der Waals surface area (Å²) in [5.74, 6) is 0. The van der Waals surface area contributed by atoms with Gasteiger partial charge in [0, 0.05) is 18.6 Å². The molecule has 3 heteroatoms. The molecule has 0 aliphatic heterocycles. The summed E-state index contributed by atoms with van der Waals surface area (Å²) < 4.78 is 0. The van der Waals surface area contributed by atoms with Crippen LogP contribution in [-0.2, 0) is 0 Å². The molecule has 2 N–H and O–H groups in total. The van der Waals surface area contributed by atoms with Crippen LogP contribution in [0.3, 0.4) is 0 Å². The Labute approximate surface area is 106 Å². The van der Waals surface area contributed by atoms with Gasteiger partial charge in [-0.05, 0) is 25.7 Å². The standard InChI is InChI=1S/C14H28N2O/c17-12-11-15-16(13-7-3-1-4-8-13)14-9-5-2-6-10-14/h13-15,17H,1-12H2. The molecule has 2 aliphatic rings. The average molecular weight is 240 g/mol. The molecule has 0 spiro atoms. The van der Waals surface area contributed by atoms with Crippen molar-refractivity contribution in [3.8, 4) is 0 Å². The molecule has 0 aromatic carbocycles. The molecule has 0 bridgehead atoms. The van der Waals surface area contributed by atoms with Crippen LogP contribution in [-0.4, -0.2) is 35.4 Å². The smallest absolute Gasteiger partial charge is 0.0570 e. The van der Waals surface area contributed by atoms with Gasteiger partial charge in [0.1, 0.15) is 0 Å². The number of nitrogens with zero attached hydrogens (tertiary/aromatic N) is 1. The predicted octanol–water partition coefficient (Wildman–Crippen LogP) is 2.45. The molecular weight excluding hydrogens is 212 g/mol. The van der Waals surface area contributed by atoms with Crippen molar-refractivity contribution < 1.29 is 5.11 Å². The average Bonchev–Trinajstić information content (AvgIpc) is 2.42. The van der Waals surface area contributed by atoms with Crippen LogP contribution in [0.5, 0.6) is 0 Å². The van der Waals surface area contributed by atoms with Gasteiger partial charge in [0.05, 0.1) is 6.61 Å². The van der Waals surface area contributed by atoms with E-state index in [1.165, 1.54) is 64.2 Å². The number of hydrazine groups is 1. The molecule has 0 unspecified atom stereocenters. The number of hydrogen-bond donors (Lipinski definition) is 2. The highest BCUT2D eigenvalue weighted by atomic mass is 16.3. The third kappa shape index (κ3) is 3.94. The first-order valence-corrected chi connectivity index (χ1v) is 7.54. The van der Waals surface area contributed by atoms with Crippen LogP contribution in [0.25, 0.3) is 0 Å². The Bertz CT molecular complexity index is 180. The van der Waals surface area contributed by atoms with Crippen LogP contribution in [0, 0.1) is 0 Å². The van der Waals surface area contributed by atoms with E-state index in [2.05, 4.69) is 10.4 Å². The SMILES string of the molecule is OCCNN(C1CCCCC1)C1CCCCC1. The molecular formula is C14H28N2O. The van der Waals surface area contributed by atoms with Crippen molar-refractivity contribution in [3.63, 3.8) is 0 Å². The van der Waals surface area contributed by atoms with Gasteiger partial charge in [-0.2, -0.15) is 0 Å². The van der Waals surface area contributed by atoms with Crippen LogP contribution in [0.15, 0.2) is 0 Å². The quantitative estimate of drug-likeness (QED) is 0.725. The van der Waals surface area contributed by atoms with Crippen molar-refractivity contribution >= 4 is 0 Å². The van der Waals surface area contributed by atoms with Gasteiger partial charge < -0.3 is 5.11 Å². The number of aliphatic hydroxyl groups is 1. The van der Waals surface area contributed by atoms with Crippen LogP contribution in [0.4, 0.5) is 0 Å². The van der Waals surface area contributed by atoms with Gasteiger partial charge in [-0.15, -0.1) is 0 Å². The Morgan fingerprint density at radius 2 is 1.29 bits per heavy atom. The van der Waals surface area contributed by atoms with Gasteiger partial charge in [-0.3, -0.25) is 5.43 Å². The predicted molar refractivity (Wildman–Crippen MR) is 70.7 cm³/mol. The minimum absolute atomic E-state index is 0.246. The molecule has 0 atom stereocenters. The molecule has 0 aromatic rings. The second kappa shape index (κ2) is 7.34. The molecule has 0 heterocycles. The van der Waals surface area contributed by atoms with Crippen LogP contribution >= 0.6 is 0 Å².